The average Bonchev–Trinajstić information content (AvgIpc) is 3.18. The third kappa shape index (κ3) is 4.07. The molecule has 3 heteroatoms. The summed E-state index contributed by atoms with van der Waals surface area (Å²) in [6, 6.07) is 7.43. The highest BCUT2D eigenvalue weighted by Gasteiger charge is 2.29. The van der Waals surface area contributed by atoms with E-state index in [0.717, 1.165) is 31.5 Å². The van der Waals surface area contributed by atoms with Crippen molar-refractivity contribution in [2.24, 2.45) is 0 Å². The zero-order chi connectivity index (χ0) is 13.0. The molecule has 0 aromatic heterocycles. The lowest BCUT2D eigenvalue weighted by Crippen LogP contribution is -2.35. The fraction of sp³-hybridized carbons (Fsp3) is 0.600. The molecule has 2 rings (SSSR count). The summed E-state index contributed by atoms with van der Waals surface area (Å²) in [6.07, 6.45) is 3.88. The van der Waals surface area contributed by atoms with E-state index in [2.05, 4.69) is 4.90 Å². The molecule has 1 aliphatic rings. The smallest absolute Gasteiger partial charge is 0.123 e. The fourth-order valence-corrected chi connectivity index (χ4v) is 2.23. The van der Waals surface area contributed by atoms with Gasteiger partial charge in [0.25, 0.3) is 0 Å². The summed E-state index contributed by atoms with van der Waals surface area (Å²) >= 11 is 0. The first-order chi connectivity index (χ1) is 8.69. The number of hydrogen-bond acceptors (Lipinski definition) is 2. The Morgan fingerprint density at radius 1 is 1.44 bits per heavy atom. The Morgan fingerprint density at radius 2 is 2.22 bits per heavy atom. The monoisotopic (exact) mass is 251 g/mol. The molecule has 1 saturated carbocycles. The van der Waals surface area contributed by atoms with Gasteiger partial charge in [-0.2, -0.15) is 0 Å². The predicted molar refractivity (Wildman–Crippen MR) is 71.0 cm³/mol. The third-order valence-electron chi connectivity index (χ3n) is 3.56. The van der Waals surface area contributed by atoms with Crippen LogP contribution in [0.1, 0.15) is 31.7 Å². The van der Waals surface area contributed by atoms with Crippen molar-refractivity contribution in [2.75, 3.05) is 13.1 Å². The Hall–Kier alpha value is -0.930. The molecular formula is C15H22FNO. The van der Waals surface area contributed by atoms with Gasteiger partial charge in [-0.05, 0) is 43.4 Å². The molecule has 0 bridgehead atoms. The quantitative estimate of drug-likeness (QED) is 0.805. The molecule has 0 radical (unpaired) electrons. The molecule has 0 aliphatic heterocycles. The highest BCUT2D eigenvalue weighted by molar-refractivity contribution is 5.16. The van der Waals surface area contributed by atoms with Gasteiger partial charge in [-0.15, -0.1) is 0 Å². The van der Waals surface area contributed by atoms with Crippen molar-refractivity contribution in [3.8, 4) is 0 Å². The lowest BCUT2D eigenvalue weighted by molar-refractivity contribution is 0.105. The van der Waals surface area contributed by atoms with Crippen LogP contribution in [0.4, 0.5) is 4.39 Å². The predicted octanol–water partition coefficient (Wildman–Crippen LogP) is 2.60. The van der Waals surface area contributed by atoms with Gasteiger partial charge < -0.3 is 5.11 Å². The van der Waals surface area contributed by atoms with E-state index in [0.29, 0.717) is 6.04 Å². The van der Waals surface area contributed by atoms with E-state index in [1.165, 1.54) is 18.9 Å². The van der Waals surface area contributed by atoms with Crippen molar-refractivity contribution in [3.63, 3.8) is 0 Å². The summed E-state index contributed by atoms with van der Waals surface area (Å²) in [6.45, 7) is 3.66. The minimum absolute atomic E-state index is 0.168. The van der Waals surface area contributed by atoms with Gasteiger partial charge in [0.05, 0.1) is 6.10 Å². The number of halogens is 1. The Balaban J connectivity index is 1.85. The van der Waals surface area contributed by atoms with E-state index >= 15 is 0 Å². The number of aliphatic hydroxyl groups is 1. The van der Waals surface area contributed by atoms with Gasteiger partial charge in [-0.25, -0.2) is 4.39 Å². The van der Waals surface area contributed by atoms with Gasteiger partial charge in [0.1, 0.15) is 5.82 Å². The van der Waals surface area contributed by atoms with E-state index in [4.69, 9.17) is 0 Å². The molecule has 1 fully saturated rings. The van der Waals surface area contributed by atoms with Crippen LogP contribution in [0.2, 0.25) is 0 Å². The van der Waals surface area contributed by atoms with Gasteiger partial charge in [0.15, 0.2) is 0 Å². The minimum atomic E-state index is -0.238. The Kier molecular flexibility index (Phi) is 4.72. The van der Waals surface area contributed by atoms with Crippen LogP contribution in [0.5, 0.6) is 0 Å². The molecule has 1 aromatic carbocycles. The highest BCUT2D eigenvalue weighted by Crippen LogP contribution is 2.27. The molecule has 0 amide bonds. The van der Waals surface area contributed by atoms with Crippen molar-refractivity contribution in [1.82, 2.24) is 4.90 Å². The van der Waals surface area contributed by atoms with Gasteiger partial charge >= 0.3 is 0 Å². The van der Waals surface area contributed by atoms with Crippen molar-refractivity contribution in [3.05, 3.63) is 35.6 Å². The number of benzene rings is 1. The van der Waals surface area contributed by atoms with E-state index in [1.807, 2.05) is 13.0 Å². The average molecular weight is 251 g/mol. The summed E-state index contributed by atoms with van der Waals surface area (Å²) in [5.41, 5.74) is 1.03. The molecule has 0 saturated heterocycles. The van der Waals surface area contributed by atoms with E-state index in [-0.39, 0.29) is 11.9 Å². The number of hydrogen-bond donors (Lipinski definition) is 1. The number of rotatable bonds is 7. The van der Waals surface area contributed by atoms with E-state index in [1.54, 1.807) is 12.1 Å². The molecule has 18 heavy (non-hydrogen) atoms. The maximum Gasteiger partial charge on any atom is 0.123 e. The highest BCUT2D eigenvalue weighted by atomic mass is 19.1. The third-order valence-corrected chi connectivity index (χ3v) is 3.56. The standard InChI is InChI=1S/C15H22FNO/c1-2-15(18)11-17(14-6-7-14)9-8-12-4-3-5-13(16)10-12/h3-5,10,14-15,18H,2,6-9,11H2,1H3. The Bertz CT molecular complexity index is 379. The second-order valence-corrected chi connectivity index (χ2v) is 5.17. The van der Waals surface area contributed by atoms with Gasteiger partial charge in [0, 0.05) is 19.1 Å². The van der Waals surface area contributed by atoms with Crippen molar-refractivity contribution < 1.29 is 9.50 Å². The molecule has 1 aromatic rings. The number of nitrogens with zero attached hydrogens (tertiary/aromatic N) is 1. The van der Waals surface area contributed by atoms with Gasteiger partial charge in [-0.3, -0.25) is 4.90 Å². The molecular weight excluding hydrogens is 229 g/mol. The largest absolute Gasteiger partial charge is 0.392 e. The first-order valence-electron chi connectivity index (χ1n) is 6.85. The van der Waals surface area contributed by atoms with E-state index in [9.17, 15) is 9.50 Å². The van der Waals surface area contributed by atoms with Crippen LogP contribution in [0.3, 0.4) is 0 Å². The summed E-state index contributed by atoms with van der Waals surface area (Å²) in [5.74, 6) is -0.168. The fourth-order valence-electron chi connectivity index (χ4n) is 2.23. The van der Waals surface area contributed by atoms with Crippen LogP contribution in [0.15, 0.2) is 24.3 Å². The molecule has 2 nitrogen and oxygen atoms in total. The zero-order valence-corrected chi connectivity index (χ0v) is 11.0. The summed E-state index contributed by atoms with van der Waals surface area (Å²) < 4.78 is 13.1. The molecule has 1 unspecified atom stereocenters. The van der Waals surface area contributed by atoms with Crippen molar-refractivity contribution >= 4 is 0 Å². The van der Waals surface area contributed by atoms with Gasteiger partial charge in [0.2, 0.25) is 0 Å². The molecule has 0 heterocycles. The minimum Gasteiger partial charge on any atom is -0.392 e. The van der Waals surface area contributed by atoms with Crippen LogP contribution >= 0.6 is 0 Å². The van der Waals surface area contributed by atoms with Crippen LogP contribution in [0.25, 0.3) is 0 Å². The summed E-state index contributed by atoms with van der Waals surface area (Å²) in [4.78, 5) is 2.35. The molecule has 1 atom stereocenters. The second-order valence-electron chi connectivity index (χ2n) is 5.17. The first-order valence-corrected chi connectivity index (χ1v) is 6.85. The zero-order valence-electron chi connectivity index (χ0n) is 11.0. The number of aliphatic hydroxyl groups excluding tert-OH is 1. The van der Waals surface area contributed by atoms with Crippen LogP contribution < -0.4 is 0 Å². The molecule has 1 N–H and O–H groups in total. The lowest BCUT2D eigenvalue weighted by atomic mass is 10.1. The first kappa shape index (κ1) is 13.5. The van der Waals surface area contributed by atoms with Crippen LogP contribution in [0, 0.1) is 5.82 Å². The van der Waals surface area contributed by atoms with Crippen molar-refractivity contribution in [2.45, 2.75) is 44.8 Å². The second kappa shape index (κ2) is 6.30. The Morgan fingerprint density at radius 3 is 2.83 bits per heavy atom. The van der Waals surface area contributed by atoms with Crippen molar-refractivity contribution in [1.29, 1.82) is 0 Å². The topological polar surface area (TPSA) is 23.5 Å². The molecule has 0 spiro atoms. The van der Waals surface area contributed by atoms with Gasteiger partial charge in [-0.1, -0.05) is 19.1 Å². The summed E-state index contributed by atoms with van der Waals surface area (Å²) in [7, 11) is 0. The molecule has 100 valence electrons. The van der Waals surface area contributed by atoms with E-state index < -0.39 is 0 Å². The molecule has 1 aliphatic carbocycles. The Labute approximate surface area is 108 Å². The summed E-state index contributed by atoms with van der Waals surface area (Å²) in [5, 5.41) is 9.74. The van der Waals surface area contributed by atoms with Crippen LogP contribution in [-0.4, -0.2) is 35.2 Å². The maximum atomic E-state index is 13.1. The normalized spacial score (nSPS) is 17.1. The SMILES string of the molecule is CCC(O)CN(CCc1cccc(F)c1)C1CC1. The lowest BCUT2D eigenvalue weighted by Gasteiger charge is -2.24. The maximum absolute atomic E-state index is 13.1. The van der Waals surface area contributed by atoms with Crippen LogP contribution in [-0.2, 0) is 6.42 Å².